The monoisotopic (exact) mass is 288 g/mol. The van der Waals surface area contributed by atoms with Gasteiger partial charge in [0.2, 0.25) is 5.89 Å². The zero-order valence-electron chi connectivity index (χ0n) is 13.1. The fraction of sp³-hybridized carbons (Fsp3) is 0.588. The van der Waals surface area contributed by atoms with Gasteiger partial charge in [-0.3, -0.25) is 0 Å². The van der Waals surface area contributed by atoms with Gasteiger partial charge in [0, 0.05) is 12.6 Å². The highest BCUT2D eigenvalue weighted by Crippen LogP contribution is 2.26. The van der Waals surface area contributed by atoms with Crippen LogP contribution in [0.1, 0.15) is 45.1 Å². The maximum absolute atomic E-state index is 5.81. The molecule has 1 aliphatic heterocycles. The minimum Gasteiger partial charge on any atom is -0.439 e. The molecule has 0 aliphatic carbocycles. The number of benzene rings is 1. The maximum Gasteiger partial charge on any atom is 0.209 e. The van der Waals surface area contributed by atoms with Crippen molar-refractivity contribution in [3.05, 3.63) is 29.7 Å². The number of hydrogen-bond donors (Lipinski definition) is 1. The third-order valence-electron chi connectivity index (χ3n) is 4.00. The number of oxazole rings is 1. The quantitative estimate of drug-likeness (QED) is 0.940. The Hall–Kier alpha value is -1.39. The van der Waals surface area contributed by atoms with Crippen LogP contribution in [-0.2, 0) is 16.7 Å². The van der Waals surface area contributed by atoms with Crippen LogP contribution in [0, 0.1) is 0 Å². The van der Waals surface area contributed by atoms with Gasteiger partial charge in [-0.15, -0.1) is 0 Å². The molecule has 0 unspecified atom stereocenters. The summed E-state index contributed by atoms with van der Waals surface area (Å²) in [5.74, 6) is 0.752. The summed E-state index contributed by atoms with van der Waals surface area (Å²) in [4.78, 5) is 4.60. The molecule has 2 aromatic rings. The van der Waals surface area contributed by atoms with E-state index < -0.39 is 0 Å². The van der Waals surface area contributed by atoms with Crippen LogP contribution in [0.2, 0.25) is 0 Å². The molecular formula is C17H24N2O2. The normalized spacial score (nSPS) is 20.0. The second-order valence-corrected chi connectivity index (χ2v) is 6.84. The van der Waals surface area contributed by atoms with E-state index >= 15 is 0 Å². The van der Waals surface area contributed by atoms with Crippen LogP contribution in [0.5, 0.6) is 0 Å². The van der Waals surface area contributed by atoms with E-state index in [1.165, 1.54) is 5.56 Å². The Labute approximate surface area is 125 Å². The number of fused-ring (bicyclic) bond motifs is 1. The average molecular weight is 288 g/mol. The average Bonchev–Trinajstić information content (AvgIpc) is 2.87. The smallest absolute Gasteiger partial charge is 0.209 e. The maximum atomic E-state index is 5.81. The standard InChI is InChI=1S/C17H24N2O2/c1-17(2,3)12-6-7-15-14(9-12)19-16(21-15)10-18-13-5-4-8-20-11-13/h6-7,9,13,18H,4-5,8,10-11H2,1-3H3/t13-/m0/s1. The van der Waals surface area contributed by atoms with Crippen molar-refractivity contribution in [3.8, 4) is 0 Å². The van der Waals surface area contributed by atoms with Gasteiger partial charge in [-0.25, -0.2) is 4.98 Å². The molecule has 4 heteroatoms. The molecule has 114 valence electrons. The van der Waals surface area contributed by atoms with Crippen molar-refractivity contribution in [1.29, 1.82) is 0 Å². The molecule has 1 aliphatic rings. The SMILES string of the molecule is CC(C)(C)c1ccc2oc(CN[C@H]3CCCOC3)nc2c1. The van der Waals surface area contributed by atoms with Gasteiger partial charge in [0.1, 0.15) is 5.52 Å². The molecule has 0 bridgehead atoms. The summed E-state index contributed by atoms with van der Waals surface area (Å²) in [7, 11) is 0. The number of aromatic nitrogens is 1. The molecule has 0 radical (unpaired) electrons. The highest BCUT2D eigenvalue weighted by atomic mass is 16.5. The van der Waals surface area contributed by atoms with Crippen molar-refractivity contribution < 1.29 is 9.15 Å². The molecule has 1 fully saturated rings. The third kappa shape index (κ3) is 3.44. The summed E-state index contributed by atoms with van der Waals surface area (Å²) in [5.41, 5.74) is 3.22. The van der Waals surface area contributed by atoms with Crippen LogP contribution in [0.3, 0.4) is 0 Å². The lowest BCUT2D eigenvalue weighted by molar-refractivity contribution is 0.0692. The summed E-state index contributed by atoms with van der Waals surface area (Å²) < 4.78 is 11.3. The highest BCUT2D eigenvalue weighted by molar-refractivity contribution is 5.73. The van der Waals surface area contributed by atoms with Crippen molar-refractivity contribution in [1.82, 2.24) is 10.3 Å². The Morgan fingerprint density at radius 1 is 1.33 bits per heavy atom. The summed E-state index contributed by atoms with van der Waals surface area (Å²) in [6.45, 7) is 8.96. The number of hydrogen-bond acceptors (Lipinski definition) is 4. The first-order valence-corrected chi connectivity index (χ1v) is 7.73. The van der Waals surface area contributed by atoms with E-state index in [0.29, 0.717) is 12.6 Å². The van der Waals surface area contributed by atoms with E-state index in [2.05, 4.69) is 43.2 Å². The van der Waals surface area contributed by atoms with Crippen molar-refractivity contribution in [3.63, 3.8) is 0 Å². The minimum atomic E-state index is 0.130. The molecule has 0 saturated carbocycles. The van der Waals surface area contributed by atoms with Gasteiger partial charge in [0.15, 0.2) is 5.58 Å². The lowest BCUT2D eigenvalue weighted by atomic mass is 9.87. The van der Waals surface area contributed by atoms with Crippen LogP contribution in [0.15, 0.2) is 22.6 Å². The van der Waals surface area contributed by atoms with Crippen LogP contribution in [0.25, 0.3) is 11.1 Å². The first-order valence-electron chi connectivity index (χ1n) is 7.73. The number of nitrogens with one attached hydrogen (secondary N) is 1. The summed E-state index contributed by atoms with van der Waals surface area (Å²) in [6, 6.07) is 6.70. The molecule has 1 aromatic heterocycles. The van der Waals surface area contributed by atoms with Crippen LogP contribution < -0.4 is 5.32 Å². The molecule has 4 nitrogen and oxygen atoms in total. The van der Waals surface area contributed by atoms with Crippen LogP contribution in [0.4, 0.5) is 0 Å². The first kappa shape index (κ1) is 14.5. The van der Waals surface area contributed by atoms with Crippen molar-refractivity contribution in [2.75, 3.05) is 13.2 Å². The Kier molecular flexibility index (Phi) is 4.00. The number of ether oxygens (including phenoxy) is 1. The van der Waals surface area contributed by atoms with E-state index in [0.717, 1.165) is 43.0 Å². The van der Waals surface area contributed by atoms with Crippen LogP contribution in [-0.4, -0.2) is 24.2 Å². The zero-order chi connectivity index (χ0) is 14.9. The lowest BCUT2D eigenvalue weighted by Gasteiger charge is -2.22. The Balaban J connectivity index is 1.71. The van der Waals surface area contributed by atoms with Crippen LogP contribution >= 0.6 is 0 Å². The molecule has 1 N–H and O–H groups in total. The van der Waals surface area contributed by atoms with Crippen molar-refractivity contribution >= 4 is 11.1 Å². The largest absolute Gasteiger partial charge is 0.439 e. The number of nitrogens with zero attached hydrogens (tertiary/aromatic N) is 1. The number of rotatable bonds is 3. The topological polar surface area (TPSA) is 47.3 Å². The molecule has 1 atom stereocenters. The van der Waals surface area contributed by atoms with Gasteiger partial charge in [-0.1, -0.05) is 26.8 Å². The van der Waals surface area contributed by atoms with E-state index in [4.69, 9.17) is 9.15 Å². The van der Waals surface area contributed by atoms with E-state index in [9.17, 15) is 0 Å². The first-order chi connectivity index (χ1) is 10.0. The van der Waals surface area contributed by atoms with Gasteiger partial charge in [-0.05, 0) is 36.0 Å². The van der Waals surface area contributed by atoms with E-state index in [1.807, 2.05) is 6.07 Å². The highest BCUT2D eigenvalue weighted by Gasteiger charge is 2.17. The molecule has 0 spiro atoms. The van der Waals surface area contributed by atoms with Crippen molar-refractivity contribution in [2.24, 2.45) is 0 Å². The third-order valence-corrected chi connectivity index (χ3v) is 4.00. The summed E-state index contributed by atoms with van der Waals surface area (Å²) >= 11 is 0. The zero-order valence-corrected chi connectivity index (χ0v) is 13.1. The molecule has 0 amide bonds. The molecule has 2 heterocycles. The molecule has 1 saturated heterocycles. The van der Waals surface area contributed by atoms with Gasteiger partial charge in [0.05, 0.1) is 13.2 Å². The lowest BCUT2D eigenvalue weighted by Crippen LogP contribution is -2.36. The second-order valence-electron chi connectivity index (χ2n) is 6.84. The predicted octanol–water partition coefficient (Wildman–Crippen LogP) is 3.39. The summed E-state index contributed by atoms with van der Waals surface area (Å²) in [5, 5.41) is 3.46. The molecule has 21 heavy (non-hydrogen) atoms. The van der Waals surface area contributed by atoms with E-state index in [-0.39, 0.29) is 5.41 Å². The molecule has 3 rings (SSSR count). The van der Waals surface area contributed by atoms with Gasteiger partial charge in [0.25, 0.3) is 0 Å². The van der Waals surface area contributed by atoms with E-state index in [1.54, 1.807) is 0 Å². The predicted molar refractivity (Wildman–Crippen MR) is 83.4 cm³/mol. The minimum absolute atomic E-state index is 0.130. The van der Waals surface area contributed by atoms with Gasteiger partial charge >= 0.3 is 0 Å². The summed E-state index contributed by atoms with van der Waals surface area (Å²) in [6.07, 6.45) is 2.29. The second kappa shape index (κ2) is 5.78. The van der Waals surface area contributed by atoms with Crippen molar-refractivity contribution in [2.45, 2.75) is 51.6 Å². The fourth-order valence-corrected chi connectivity index (χ4v) is 2.65. The fourth-order valence-electron chi connectivity index (χ4n) is 2.65. The Bertz CT molecular complexity index is 607. The molecular weight excluding hydrogens is 264 g/mol. The molecule has 1 aromatic carbocycles. The van der Waals surface area contributed by atoms with Gasteiger partial charge < -0.3 is 14.5 Å². The Morgan fingerprint density at radius 3 is 2.90 bits per heavy atom. The Morgan fingerprint density at radius 2 is 2.19 bits per heavy atom. The van der Waals surface area contributed by atoms with Gasteiger partial charge in [-0.2, -0.15) is 0 Å².